The van der Waals surface area contributed by atoms with E-state index in [1.807, 2.05) is 30.3 Å². The Bertz CT molecular complexity index is 1330. The quantitative estimate of drug-likeness (QED) is 0.276. The van der Waals surface area contributed by atoms with Gasteiger partial charge in [0.1, 0.15) is 11.5 Å². The number of non-ortho nitro benzene ring substituents is 1. The van der Waals surface area contributed by atoms with Crippen LogP contribution in [0.4, 0.5) is 11.4 Å². The zero-order chi connectivity index (χ0) is 23.5. The van der Waals surface area contributed by atoms with E-state index < -0.39 is 10.8 Å². The first-order valence-corrected chi connectivity index (χ1v) is 10.4. The number of nitrogens with zero attached hydrogens (tertiary/aromatic N) is 3. The standard InChI is InChI=1S/C24H19ClN4O4/c1-15-23(16(2)28(27-15)19-6-4-3-5-7-19)24(30)26-18-12-20(29(31)32)14-22(13-18)33-21-10-8-17(25)9-11-21/h3-14H,1-2H3,(H,26,30). The average molecular weight is 463 g/mol. The van der Waals surface area contributed by atoms with Crippen LogP contribution in [0.5, 0.6) is 11.5 Å². The third-order valence-corrected chi connectivity index (χ3v) is 5.18. The molecule has 1 aromatic heterocycles. The van der Waals surface area contributed by atoms with Crippen LogP contribution in [0.15, 0.2) is 72.8 Å². The number of para-hydroxylation sites is 1. The molecule has 0 unspecified atom stereocenters. The van der Waals surface area contributed by atoms with Gasteiger partial charge in [0.2, 0.25) is 0 Å². The fraction of sp³-hybridized carbons (Fsp3) is 0.0833. The van der Waals surface area contributed by atoms with Gasteiger partial charge in [-0.05, 0) is 50.2 Å². The maximum absolute atomic E-state index is 13.1. The van der Waals surface area contributed by atoms with E-state index in [9.17, 15) is 14.9 Å². The van der Waals surface area contributed by atoms with Crippen molar-refractivity contribution in [3.05, 3.63) is 105 Å². The third-order valence-electron chi connectivity index (χ3n) is 4.93. The third kappa shape index (κ3) is 4.86. The zero-order valence-electron chi connectivity index (χ0n) is 17.8. The normalized spacial score (nSPS) is 10.6. The molecule has 0 aliphatic rings. The number of carbonyl (C=O) groups excluding carboxylic acids is 1. The highest BCUT2D eigenvalue weighted by Crippen LogP contribution is 2.31. The Balaban J connectivity index is 1.64. The number of carbonyl (C=O) groups is 1. The van der Waals surface area contributed by atoms with Crippen LogP contribution in [0.3, 0.4) is 0 Å². The van der Waals surface area contributed by atoms with Gasteiger partial charge in [0, 0.05) is 17.2 Å². The molecule has 0 saturated heterocycles. The van der Waals surface area contributed by atoms with Gasteiger partial charge in [0.05, 0.1) is 39.3 Å². The second-order valence-electron chi connectivity index (χ2n) is 7.28. The van der Waals surface area contributed by atoms with Gasteiger partial charge >= 0.3 is 0 Å². The Kier molecular flexibility index (Phi) is 6.10. The highest BCUT2D eigenvalue weighted by molar-refractivity contribution is 6.30. The van der Waals surface area contributed by atoms with Crippen LogP contribution in [0, 0.1) is 24.0 Å². The van der Waals surface area contributed by atoms with Crippen LogP contribution in [-0.4, -0.2) is 20.6 Å². The van der Waals surface area contributed by atoms with Gasteiger partial charge in [0.15, 0.2) is 0 Å². The van der Waals surface area contributed by atoms with Gasteiger partial charge in [-0.15, -0.1) is 0 Å². The number of rotatable bonds is 6. The molecule has 8 nitrogen and oxygen atoms in total. The van der Waals surface area contributed by atoms with Crippen molar-refractivity contribution < 1.29 is 14.5 Å². The molecule has 4 rings (SSSR count). The Labute approximate surface area is 194 Å². The van der Waals surface area contributed by atoms with Gasteiger partial charge in [-0.2, -0.15) is 5.10 Å². The first kappa shape index (κ1) is 22.0. The minimum Gasteiger partial charge on any atom is -0.457 e. The molecule has 0 bridgehead atoms. The van der Waals surface area contributed by atoms with E-state index in [-0.39, 0.29) is 17.1 Å². The SMILES string of the molecule is Cc1nn(-c2ccccc2)c(C)c1C(=O)Nc1cc(Oc2ccc(Cl)cc2)cc([N+](=O)[O-])c1. The number of nitrogens with one attached hydrogen (secondary N) is 1. The maximum atomic E-state index is 13.1. The van der Waals surface area contributed by atoms with Crippen molar-refractivity contribution in [1.29, 1.82) is 0 Å². The summed E-state index contributed by atoms with van der Waals surface area (Å²) in [5, 5.41) is 19.2. The van der Waals surface area contributed by atoms with E-state index in [4.69, 9.17) is 16.3 Å². The number of nitro groups is 1. The van der Waals surface area contributed by atoms with Crippen molar-refractivity contribution in [3.8, 4) is 17.2 Å². The number of ether oxygens (including phenoxy) is 1. The van der Waals surface area contributed by atoms with Crippen molar-refractivity contribution in [2.75, 3.05) is 5.32 Å². The lowest BCUT2D eigenvalue weighted by atomic mass is 10.1. The van der Waals surface area contributed by atoms with Crippen LogP contribution in [-0.2, 0) is 0 Å². The molecule has 0 aliphatic carbocycles. The minimum atomic E-state index is -0.547. The van der Waals surface area contributed by atoms with Crippen LogP contribution >= 0.6 is 11.6 Å². The van der Waals surface area contributed by atoms with E-state index in [0.29, 0.717) is 27.7 Å². The average Bonchev–Trinajstić information content (AvgIpc) is 3.09. The molecule has 4 aromatic rings. The second-order valence-corrected chi connectivity index (χ2v) is 7.71. The fourth-order valence-corrected chi connectivity index (χ4v) is 3.57. The van der Waals surface area contributed by atoms with Gasteiger partial charge in [-0.25, -0.2) is 4.68 Å². The highest BCUT2D eigenvalue weighted by atomic mass is 35.5. The van der Waals surface area contributed by atoms with E-state index in [1.54, 1.807) is 42.8 Å². The zero-order valence-corrected chi connectivity index (χ0v) is 18.5. The molecule has 0 saturated carbocycles. The van der Waals surface area contributed by atoms with Crippen molar-refractivity contribution in [2.45, 2.75) is 13.8 Å². The molecule has 3 aromatic carbocycles. The smallest absolute Gasteiger partial charge is 0.275 e. The second kappa shape index (κ2) is 9.13. The van der Waals surface area contributed by atoms with Crippen molar-refractivity contribution in [3.63, 3.8) is 0 Å². The summed E-state index contributed by atoms with van der Waals surface area (Å²) < 4.78 is 7.42. The Morgan fingerprint density at radius 2 is 1.73 bits per heavy atom. The number of halogens is 1. The number of amides is 1. The number of aryl methyl sites for hydroxylation is 1. The van der Waals surface area contributed by atoms with Gasteiger partial charge in [-0.3, -0.25) is 14.9 Å². The molecule has 0 spiro atoms. The molecule has 33 heavy (non-hydrogen) atoms. The van der Waals surface area contributed by atoms with E-state index in [2.05, 4.69) is 10.4 Å². The summed E-state index contributed by atoms with van der Waals surface area (Å²) in [5.41, 5.74) is 2.42. The Morgan fingerprint density at radius 1 is 1.03 bits per heavy atom. The molecule has 0 aliphatic heterocycles. The summed E-state index contributed by atoms with van der Waals surface area (Å²) in [4.78, 5) is 24.0. The van der Waals surface area contributed by atoms with E-state index >= 15 is 0 Å². The number of anilines is 1. The predicted octanol–water partition coefficient (Wildman–Crippen LogP) is 6.10. The number of aromatic nitrogens is 2. The fourth-order valence-electron chi connectivity index (χ4n) is 3.44. The van der Waals surface area contributed by atoms with E-state index in [1.165, 1.54) is 18.2 Å². The predicted molar refractivity (Wildman–Crippen MR) is 126 cm³/mol. The van der Waals surface area contributed by atoms with Gasteiger partial charge in [0.25, 0.3) is 11.6 Å². The molecule has 9 heteroatoms. The minimum absolute atomic E-state index is 0.204. The largest absolute Gasteiger partial charge is 0.457 e. The molecule has 1 N–H and O–H groups in total. The number of nitro benzene ring substituents is 1. The summed E-state index contributed by atoms with van der Waals surface area (Å²) in [6.07, 6.45) is 0. The van der Waals surface area contributed by atoms with Crippen LogP contribution < -0.4 is 10.1 Å². The first-order chi connectivity index (χ1) is 15.8. The summed E-state index contributed by atoms with van der Waals surface area (Å²) in [6, 6.07) is 20.1. The molecule has 0 radical (unpaired) electrons. The molecule has 0 atom stereocenters. The summed E-state index contributed by atoms with van der Waals surface area (Å²) in [7, 11) is 0. The molecular formula is C24H19ClN4O4. The number of hydrogen-bond acceptors (Lipinski definition) is 5. The lowest BCUT2D eigenvalue weighted by Gasteiger charge is -2.10. The van der Waals surface area contributed by atoms with Crippen molar-refractivity contribution >= 4 is 28.9 Å². The summed E-state index contributed by atoms with van der Waals surface area (Å²) in [6.45, 7) is 3.54. The van der Waals surface area contributed by atoms with Crippen molar-refractivity contribution in [1.82, 2.24) is 9.78 Å². The van der Waals surface area contributed by atoms with Crippen LogP contribution in [0.1, 0.15) is 21.7 Å². The molecule has 166 valence electrons. The highest BCUT2D eigenvalue weighted by Gasteiger charge is 2.21. The number of benzene rings is 3. The first-order valence-electron chi connectivity index (χ1n) is 9.98. The lowest BCUT2D eigenvalue weighted by molar-refractivity contribution is -0.384. The topological polar surface area (TPSA) is 99.3 Å². The summed E-state index contributed by atoms with van der Waals surface area (Å²) >= 11 is 5.89. The molecule has 1 heterocycles. The maximum Gasteiger partial charge on any atom is 0.275 e. The van der Waals surface area contributed by atoms with E-state index in [0.717, 1.165) is 5.69 Å². The Hall–Kier alpha value is -4.17. The summed E-state index contributed by atoms with van der Waals surface area (Å²) in [5.74, 6) is 0.230. The van der Waals surface area contributed by atoms with Crippen LogP contribution in [0.25, 0.3) is 5.69 Å². The molecule has 1 amide bonds. The van der Waals surface area contributed by atoms with Gasteiger partial charge < -0.3 is 10.1 Å². The Morgan fingerprint density at radius 3 is 2.39 bits per heavy atom. The lowest BCUT2D eigenvalue weighted by Crippen LogP contribution is -2.14. The van der Waals surface area contributed by atoms with Crippen LogP contribution in [0.2, 0.25) is 5.02 Å². The molecule has 0 fully saturated rings. The molecular weight excluding hydrogens is 444 g/mol. The monoisotopic (exact) mass is 462 g/mol. The van der Waals surface area contributed by atoms with Crippen molar-refractivity contribution in [2.24, 2.45) is 0 Å². The van der Waals surface area contributed by atoms with Gasteiger partial charge in [-0.1, -0.05) is 29.8 Å². The number of hydrogen-bond donors (Lipinski definition) is 1.